The monoisotopic (exact) mass is 207 g/mol. The maximum atomic E-state index is 4.23. The van der Waals surface area contributed by atoms with E-state index in [2.05, 4.69) is 28.7 Å². The molecule has 1 N–H and O–H groups in total. The summed E-state index contributed by atoms with van der Waals surface area (Å²) in [5.74, 6) is 0.780. The van der Waals surface area contributed by atoms with Crippen LogP contribution < -0.4 is 5.32 Å². The van der Waals surface area contributed by atoms with E-state index in [0.717, 1.165) is 19.0 Å². The van der Waals surface area contributed by atoms with Crippen LogP contribution in [-0.2, 0) is 13.1 Å². The van der Waals surface area contributed by atoms with Gasteiger partial charge in [-0.1, -0.05) is 13.8 Å². The third-order valence-electron chi connectivity index (χ3n) is 3.76. The van der Waals surface area contributed by atoms with E-state index in [-0.39, 0.29) is 0 Å². The van der Waals surface area contributed by atoms with E-state index in [0.29, 0.717) is 5.41 Å². The zero-order chi connectivity index (χ0) is 10.9. The number of rotatable bonds is 5. The predicted octanol–water partition coefficient (Wildman–Crippen LogP) is 2.04. The van der Waals surface area contributed by atoms with E-state index in [9.17, 15) is 0 Å². The topological polar surface area (TPSA) is 29.9 Å². The van der Waals surface area contributed by atoms with Crippen molar-refractivity contribution in [1.82, 2.24) is 14.9 Å². The van der Waals surface area contributed by atoms with Crippen LogP contribution in [0.5, 0.6) is 0 Å². The van der Waals surface area contributed by atoms with Crippen molar-refractivity contribution in [3.05, 3.63) is 18.2 Å². The third-order valence-corrected chi connectivity index (χ3v) is 3.76. The van der Waals surface area contributed by atoms with Gasteiger partial charge in [-0.3, -0.25) is 0 Å². The van der Waals surface area contributed by atoms with Crippen LogP contribution in [0.1, 0.15) is 32.4 Å². The van der Waals surface area contributed by atoms with Crippen LogP contribution in [0.25, 0.3) is 0 Å². The molecule has 2 rings (SSSR count). The van der Waals surface area contributed by atoms with Gasteiger partial charge in [-0.25, -0.2) is 4.98 Å². The summed E-state index contributed by atoms with van der Waals surface area (Å²) in [4.78, 5) is 4.23. The number of nitrogens with one attached hydrogen (secondary N) is 1. The summed E-state index contributed by atoms with van der Waals surface area (Å²) in [6.07, 6.45) is 6.69. The molecule has 0 atom stereocenters. The number of nitrogens with zero attached hydrogens (tertiary/aromatic N) is 2. The predicted molar refractivity (Wildman–Crippen MR) is 61.5 cm³/mol. The first kappa shape index (κ1) is 10.7. The molecule has 1 fully saturated rings. The van der Waals surface area contributed by atoms with Crippen LogP contribution in [0, 0.1) is 11.3 Å². The molecule has 0 saturated heterocycles. The second-order valence-corrected chi connectivity index (χ2v) is 5.06. The van der Waals surface area contributed by atoms with Crippen molar-refractivity contribution in [2.75, 3.05) is 7.05 Å². The Morgan fingerprint density at radius 3 is 2.80 bits per heavy atom. The minimum absolute atomic E-state index is 0.559. The fraction of sp³-hybridized carbons (Fsp3) is 0.750. The quantitative estimate of drug-likeness (QED) is 0.800. The van der Waals surface area contributed by atoms with Crippen molar-refractivity contribution in [3.8, 4) is 0 Å². The normalized spacial score (nSPS) is 18.4. The Kier molecular flexibility index (Phi) is 2.83. The molecule has 1 saturated carbocycles. The van der Waals surface area contributed by atoms with E-state index in [4.69, 9.17) is 0 Å². The van der Waals surface area contributed by atoms with Crippen molar-refractivity contribution in [2.45, 2.75) is 39.8 Å². The summed E-state index contributed by atoms with van der Waals surface area (Å²) >= 11 is 0. The van der Waals surface area contributed by atoms with Gasteiger partial charge < -0.3 is 9.88 Å². The van der Waals surface area contributed by atoms with Crippen molar-refractivity contribution in [1.29, 1.82) is 0 Å². The second-order valence-electron chi connectivity index (χ2n) is 5.06. The number of hydrogen-bond acceptors (Lipinski definition) is 2. The van der Waals surface area contributed by atoms with Gasteiger partial charge in [0.25, 0.3) is 0 Å². The highest BCUT2D eigenvalue weighted by atomic mass is 15.1. The van der Waals surface area contributed by atoms with Crippen LogP contribution >= 0.6 is 0 Å². The molecule has 0 unspecified atom stereocenters. The summed E-state index contributed by atoms with van der Waals surface area (Å²) in [5.41, 5.74) is 1.85. The Morgan fingerprint density at radius 2 is 2.27 bits per heavy atom. The zero-order valence-corrected chi connectivity index (χ0v) is 9.95. The van der Waals surface area contributed by atoms with E-state index in [1.165, 1.54) is 18.5 Å². The van der Waals surface area contributed by atoms with Gasteiger partial charge in [0, 0.05) is 19.3 Å². The summed E-state index contributed by atoms with van der Waals surface area (Å²) in [7, 11) is 1.98. The summed E-state index contributed by atoms with van der Waals surface area (Å²) in [6, 6.07) is 0. The van der Waals surface area contributed by atoms with Crippen LogP contribution in [0.15, 0.2) is 12.5 Å². The first-order valence-corrected chi connectivity index (χ1v) is 5.81. The molecule has 1 aromatic heterocycles. The molecule has 1 aliphatic rings. The number of aromatic nitrogens is 2. The van der Waals surface area contributed by atoms with E-state index in [1.54, 1.807) is 0 Å². The molecule has 84 valence electrons. The van der Waals surface area contributed by atoms with Gasteiger partial charge in [-0.15, -0.1) is 0 Å². The number of imidazole rings is 1. The van der Waals surface area contributed by atoms with Crippen LogP contribution in [-0.4, -0.2) is 16.6 Å². The maximum absolute atomic E-state index is 4.23. The average molecular weight is 207 g/mol. The fourth-order valence-corrected chi connectivity index (χ4v) is 2.24. The largest absolute Gasteiger partial charge is 0.333 e. The highest BCUT2D eigenvalue weighted by Crippen LogP contribution is 2.53. The van der Waals surface area contributed by atoms with Crippen LogP contribution in [0.3, 0.4) is 0 Å². The molecule has 3 heteroatoms. The standard InChI is InChI=1S/C12H21N3/c1-10(2)12(4-5-12)8-15-9-14-7-11(15)6-13-3/h7,9-10,13H,4-6,8H2,1-3H3. The van der Waals surface area contributed by atoms with Crippen molar-refractivity contribution >= 4 is 0 Å². The first-order chi connectivity index (χ1) is 7.18. The zero-order valence-electron chi connectivity index (χ0n) is 9.95. The summed E-state index contributed by atoms with van der Waals surface area (Å²) in [6.45, 7) is 6.72. The average Bonchev–Trinajstić information content (AvgIpc) is 2.85. The Morgan fingerprint density at radius 1 is 1.53 bits per heavy atom. The van der Waals surface area contributed by atoms with Gasteiger partial charge in [0.15, 0.2) is 0 Å². The van der Waals surface area contributed by atoms with E-state index < -0.39 is 0 Å². The fourth-order valence-electron chi connectivity index (χ4n) is 2.24. The Hall–Kier alpha value is -0.830. The smallest absolute Gasteiger partial charge is 0.0948 e. The molecular formula is C12H21N3. The van der Waals surface area contributed by atoms with E-state index in [1.807, 2.05) is 19.6 Å². The van der Waals surface area contributed by atoms with Crippen LogP contribution in [0.2, 0.25) is 0 Å². The lowest BCUT2D eigenvalue weighted by Crippen LogP contribution is -2.20. The molecule has 0 amide bonds. The molecule has 1 aliphatic carbocycles. The molecule has 0 radical (unpaired) electrons. The van der Waals surface area contributed by atoms with Gasteiger partial charge >= 0.3 is 0 Å². The molecule has 0 aliphatic heterocycles. The van der Waals surface area contributed by atoms with E-state index >= 15 is 0 Å². The molecule has 1 heterocycles. The minimum atomic E-state index is 0.559. The molecule has 0 spiro atoms. The molecular weight excluding hydrogens is 186 g/mol. The van der Waals surface area contributed by atoms with Gasteiger partial charge in [0.05, 0.1) is 12.0 Å². The number of hydrogen-bond donors (Lipinski definition) is 1. The summed E-state index contributed by atoms with van der Waals surface area (Å²) < 4.78 is 2.31. The van der Waals surface area contributed by atoms with Crippen molar-refractivity contribution in [3.63, 3.8) is 0 Å². The molecule has 1 aromatic rings. The Bertz CT molecular complexity index is 323. The molecule has 3 nitrogen and oxygen atoms in total. The highest BCUT2D eigenvalue weighted by Gasteiger charge is 2.45. The second kappa shape index (κ2) is 3.97. The first-order valence-electron chi connectivity index (χ1n) is 5.81. The van der Waals surface area contributed by atoms with Crippen molar-refractivity contribution < 1.29 is 0 Å². The molecule has 0 bridgehead atoms. The third kappa shape index (κ3) is 2.07. The lowest BCUT2D eigenvalue weighted by Gasteiger charge is -2.21. The minimum Gasteiger partial charge on any atom is -0.333 e. The van der Waals surface area contributed by atoms with Gasteiger partial charge in [-0.2, -0.15) is 0 Å². The van der Waals surface area contributed by atoms with Crippen LogP contribution in [0.4, 0.5) is 0 Å². The van der Waals surface area contributed by atoms with Gasteiger partial charge in [0.2, 0.25) is 0 Å². The SMILES string of the molecule is CNCc1cncn1CC1(C(C)C)CC1. The highest BCUT2D eigenvalue weighted by molar-refractivity contribution is 5.03. The Labute approximate surface area is 91.9 Å². The van der Waals surface area contributed by atoms with Crippen molar-refractivity contribution in [2.24, 2.45) is 11.3 Å². The van der Waals surface area contributed by atoms with Gasteiger partial charge in [0.1, 0.15) is 0 Å². The molecule has 0 aromatic carbocycles. The molecule has 15 heavy (non-hydrogen) atoms. The van der Waals surface area contributed by atoms with Gasteiger partial charge in [-0.05, 0) is 31.2 Å². The Balaban J connectivity index is 2.07. The lowest BCUT2D eigenvalue weighted by atomic mass is 9.92. The maximum Gasteiger partial charge on any atom is 0.0948 e. The lowest BCUT2D eigenvalue weighted by molar-refractivity contribution is 0.304. The summed E-state index contributed by atoms with van der Waals surface area (Å²) in [5, 5.41) is 3.19.